The summed E-state index contributed by atoms with van der Waals surface area (Å²) in [5.74, 6) is -0.0966. The van der Waals surface area contributed by atoms with Crippen molar-refractivity contribution in [3.8, 4) is 5.69 Å². The average molecular weight is 364 g/mol. The summed E-state index contributed by atoms with van der Waals surface area (Å²) in [5.41, 5.74) is 3.41. The maximum absolute atomic E-state index is 12.9. The molecule has 1 unspecified atom stereocenters. The third-order valence-electron chi connectivity index (χ3n) is 3.98. The number of thioether (sulfide) groups is 1. The Kier molecular flexibility index (Phi) is 4.26. The maximum Gasteiger partial charge on any atom is 0.266 e. The number of tetrazole rings is 1. The number of hydrogen-bond acceptors (Lipinski definition) is 6. The smallest absolute Gasteiger partial charge is 0.266 e. The normalized spacial score (nSPS) is 16.8. The van der Waals surface area contributed by atoms with E-state index in [0.29, 0.717) is 5.16 Å². The quantitative estimate of drug-likeness (QED) is 0.711. The predicted octanol–water partition coefficient (Wildman–Crippen LogP) is 2.85. The van der Waals surface area contributed by atoms with Crippen molar-refractivity contribution in [1.29, 1.82) is 0 Å². The van der Waals surface area contributed by atoms with Crippen molar-refractivity contribution in [3.05, 3.63) is 60.2 Å². The standard InChI is InChI=1S/C18H16N6OS/c1-12-7-6-10-15(11-12)23-17(25)16(13(2)20-23)26-18-19-21-22-24(18)14-8-4-3-5-9-14/h3-11,16H,1-2H3. The van der Waals surface area contributed by atoms with E-state index in [-0.39, 0.29) is 5.91 Å². The lowest BCUT2D eigenvalue weighted by Crippen LogP contribution is -2.29. The van der Waals surface area contributed by atoms with Gasteiger partial charge in [0.2, 0.25) is 5.16 Å². The highest BCUT2D eigenvalue weighted by molar-refractivity contribution is 8.01. The molecule has 0 radical (unpaired) electrons. The summed E-state index contributed by atoms with van der Waals surface area (Å²) in [6, 6.07) is 17.3. The highest BCUT2D eigenvalue weighted by Crippen LogP contribution is 2.31. The molecule has 7 nitrogen and oxygen atoms in total. The summed E-state index contributed by atoms with van der Waals surface area (Å²) >= 11 is 1.30. The molecule has 0 spiro atoms. The number of nitrogens with zero attached hydrogens (tertiary/aromatic N) is 6. The van der Waals surface area contributed by atoms with Gasteiger partial charge in [-0.3, -0.25) is 4.79 Å². The molecule has 1 aliphatic rings. The zero-order valence-corrected chi connectivity index (χ0v) is 15.1. The van der Waals surface area contributed by atoms with Crippen molar-refractivity contribution in [2.45, 2.75) is 24.3 Å². The first-order valence-electron chi connectivity index (χ1n) is 8.09. The number of carbonyl (C=O) groups excluding carboxylic acids is 1. The summed E-state index contributed by atoms with van der Waals surface area (Å²) in [6.07, 6.45) is 0. The van der Waals surface area contributed by atoms with E-state index in [1.807, 2.05) is 68.4 Å². The number of aryl methyl sites for hydroxylation is 1. The Balaban J connectivity index is 1.60. The molecular formula is C18H16N6OS. The van der Waals surface area contributed by atoms with Gasteiger partial charge in [-0.05, 0) is 54.1 Å². The Hall–Kier alpha value is -3.00. The van der Waals surface area contributed by atoms with Gasteiger partial charge in [-0.25, -0.2) is 0 Å². The topological polar surface area (TPSA) is 76.3 Å². The molecule has 0 bridgehead atoms. The molecule has 2 heterocycles. The number of amides is 1. The number of hydrazone groups is 1. The number of aromatic nitrogens is 4. The Bertz CT molecular complexity index is 984. The van der Waals surface area contributed by atoms with E-state index in [2.05, 4.69) is 20.6 Å². The van der Waals surface area contributed by atoms with Crippen LogP contribution in [0.5, 0.6) is 0 Å². The number of benzene rings is 2. The number of anilines is 1. The molecule has 0 fully saturated rings. The van der Waals surface area contributed by atoms with Gasteiger partial charge in [0, 0.05) is 0 Å². The summed E-state index contributed by atoms with van der Waals surface area (Å²) < 4.78 is 1.63. The van der Waals surface area contributed by atoms with E-state index in [1.54, 1.807) is 4.68 Å². The number of para-hydroxylation sites is 1. The molecule has 1 atom stereocenters. The first kappa shape index (κ1) is 16.5. The zero-order chi connectivity index (χ0) is 18.1. The summed E-state index contributed by atoms with van der Waals surface area (Å²) in [7, 11) is 0. The first-order chi connectivity index (χ1) is 12.6. The van der Waals surface area contributed by atoms with Crippen LogP contribution >= 0.6 is 11.8 Å². The molecule has 130 valence electrons. The molecule has 1 aromatic heterocycles. The second kappa shape index (κ2) is 6.72. The zero-order valence-electron chi connectivity index (χ0n) is 14.3. The molecule has 3 aromatic rings. The van der Waals surface area contributed by atoms with E-state index in [0.717, 1.165) is 22.6 Å². The van der Waals surface area contributed by atoms with Crippen LogP contribution in [0, 0.1) is 6.92 Å². The van der Waals surface area contributed by atoms with Gasteiger partial charge in [0.15, 0.2) is 0 Å². The van der Waals surface area contributed by atoms with Crippen LogP contribution in [-0.2, 0) is 4.79 Å². The summed E-state index contributed by atoms with van der Waals surface area (Å²) in [5, 5.41) is 17.9. The van der Waals surface area contributed by atoms with E-state index in [1.165, 1.54) is 16.8 Å². The van der Waals surface area contributed by atoms with Gasteiger partial charge in [0.05, 0.1) is 17.1 Å². The lowest BCUT2D eigenvalue weighted by atomic mass is 10.2. The fraction of sp³-hybridized carbons (Fsp3) is 0.167. The Morgan fingerprint density at radius 3 is 2.54 bits per heavy atom. The second-order valence-electron chi connectivity index (χ2n) is 5.94. The number of hydrogen-bond donors (Lipinski definition) is 0. The lowest BCUT2D eigenvalue weighted by molar-refractivity contribution is -0.116. The van der Waals surface area contributed by atoms with Crippen LogP contribution in [0.2, 0.25) is 0 Å². The molecule has 4 rings (SSSR count). The average Bonchev–Trinajstić information content (AvgIpc) is 3.22. The van der Waals surface area contributed by atoms with Crippen molar-refractivity contribution in [2.24, 2.45) is 5.10 Å². The maximum atomic E-state index is 12.9. The minimum Gasteiger partial charge on any atom is -0.271 e. The third kappa shape index (κ3) is 2.99. The lowest BCUT2D eigenvalue weighted by Gasteiger charge is -2.14. The van der Waals surface area contributed by atoms with Crippen molar-refractivity contribution in [1.82, 2.24) is 20.2 Å². The van der Waals surface area contributed by atoms with Gasteiger partial charge in [-0.15, -0.1) is 5.10 Å². The van der Waals surface area contributed by atoms with Crippen LogP contribution in [0.4, 0.5) is 5.69 Å². The van der Waals surface area contributed by atoms with E-state index < -0.39 is 5.25 Å². The van der Waals surface area contributed by atoms with Gasteiger partial charge in [-0.2, -0.15) is 14.8 Å². The van der Waals surface area contributed by atoms with E-state index in [9.17, 15) is 4.79 Å². The van der Waals surface area contributed by atoms with Crippen molar-refractivity contribution in [2.75, 3.05) is 5.01 Å². The van der Waals surface area contributed by atoms with Crippen LogP contribution in [0.25, 0.3) is 5.69 Å². The summed E-state index contributed by atoms with van der Waals surface area (Å²) in [4.78, 5) is 12.9. The first-order valence-corrected chi connectivity index (χ1v) is 8.97. The van der Waals surface area contributed by atoms with Crippen LogP contribution in [0.1, 0.15) is 12.5 Å². The molecule has 2 aromatic carbocycles. The fourth-order valence-electron chi connectivity index (χ4n) is 2.72. The van der Waals surface area contributed by atoms with Crippen LogP contribution in [0.15, 0.2) is 64.9 Å². The largest absolute Gasteiger partial charge is 0.271 e. The fourth-order valence-corrected chi connectivity index (χ4v) is 3.67. The van der Waals surface area contributed by atoms with E-state index in [4.69, 9.17) is 0 Å². The Labute approximate surface area is 154 Å². The summed E-state index contributed by atoms with van der Waals surface area (Å²) in [6.45, 7) is 3.84. The highest BCUT2D eigenvalue weighted by atomic mass is 32.2. The molecule has 0 saturated carbocycles. The van der Waals surface area contributed by atoms with Gasteiger partial charge in [-0.1, -0.05) is 42.1 Å². The van der Waals surface area contributed by atoms with Crippen LogP contribution in [0.3, 0.4) is 0 Å². The van der Waals surface area contributed by atoms with Crippen molar-refractivity contribution < 1.29 is 4.79 Å². The Morgan fingerprint density at radius 1 is 1.00 bits per heavy atom. The van der Waals surface area contributed by atoms with E-state index >= 15 is 0 Å². The predicted molar refractivity (Wildman–Crippen MR) is 101 cm³/mol. The minimum atomic E-state index is -0.455. The van der Waals surface area contributed by atoms with Crippen LogP contribution < -0.4 is 5.01 Å². The number of carbonyl (C=O) groups is 1. The SMILES string of the molecule is CC1=NN(c2cccc(C)c2)C(=O)C1Sc1nnnn1-c1ccccc1. The molecule has 0 aliphatic carbocycles. The van der Waals surface area contributed by atoms with Gasteiger partial charge in [0.1, 0.15) is 5.25 Å². The van der Waals surface area contributed by atoms with Gasteiger partial charge < -0.3 is 0 Å². The molecule has 0 saturated heterocycles. The van der Waals surface area contributed by atoms with Crippen molar-refractivity contribution in [3.63, 3.8) is 0 Å². The molecule has 26 heavy (non-hydrogen) atoms. The molecule has 1 amide bonds. The minimum absolute atomic E-state index is 0.0966. The highest BCUT2D eigenvalue weighted by Gasteiger charge is 2.36. The van der Waals surface area contributed by atoms with Gasteiger partial charge >= 0.3 is 0 Å². The van der Waals surface area contributed by atoms with Gasteiger partial charge in [0.25, 0.3) is 5.91 Å². The number of rotatable bonds is 4. The third-order valence-corrected chi connectivity index (χ3v) is 5.23. The Morgan fingerprint density at radius 2 is 1.77 bits per heavy atom. The van der Waals surface area contributed by atoms with Crippen LogP contribution in [-0.4, -0.2) is 37.1 Å². The molecular weight excluding hydrogens is 348 g/mol. The molecule has 1 aliphatic heterocycles. The second-order valence-corrected chi connectivity index (χ2v) is 7.01. The molecule has 8 heteroatoms. The molecule has 0 N–H and O–H groups in total. The van der Waals surface area contributed by atoms with Crippen molar-refractivity contribution >= 4 is 29.1 Å². The monoisotopic (exact) mass is 364 g/mol.